The van der Waals surface area contributed by atoms with Gasteiger partial charge >= 0.3 is 0 Å². The Hall–Kier alpha value is -0.890. The maximum Gasteiger partial charge on any atom is 0.144 e. The van der Waals surface area contributed by atoms with Crippen molar-refractivity contribution in [2.75, 3.05) is 11.9 Å². The molecule has 1 aromatic carbocycles. The van der Waals surface area contributed by atoms with Gasteiger partial charge < -0.3 is 10.1 Å². The highest BCUT2D eigenvalue weighted by atomic mass is 35.5. The Morgan fingerprint density at radius 1 is 1.27 bits per heavy atom. The summed E-state index contributed by atoms with van der Waals surface area (Å²) >= 11 is 5.92. The molecule has 0 amide bonds. The zero-order chi connectivity index (χ0) is 10.3. The average Bonchev–Trinajstić information content (AvgIpc) is 2.67. The molecule has 1 heterocycles. The van der Waals surface area contributed by atoms with Gasteiger partial charge in [-0.15, -0.1) is 0 Å². The quantitative estimate of drug-likeness (QED) is 0.728. The molecule has 1 aliphatic carbocycles. The van der Waals surface area contributed by atoms with Crippen molar-refractivity contribution in [3.63, 3.8) is 0 Å². The number of fused-ring (bicyclic) bond motifs is 1. The first-order valence-electron chi connectivity index (χ1n) is 5.48. The summed E-state index contributed by atoms with van der Waals surface area (Å²) in [4.78, 5) is 0. The Kier molecular flexibility index (Phi) is 2.06. The molecule has 2 nitrogen and oxygen atoms in total. The predicted molar refractivity (Wildman–Crippen MR) is 61.8 cm³/mol. The zero-order valence-electron chi connectivity index (χ0n) is 8.55. The minimum absolute atomic E-state index is 0.195. The van der Waals surface area contributed by atoms with Gasteiger partial charge in [-0.2, -0.15) is 0 Å². The minimum Gasteiger partial charge on any atom is -0.489 e. The van der Waals surface area contributed by atoms with Crippen LogP contribution in [0.3, 0.4) is 0 Å². The molecule has 1 N–H and O–H groups in total. The van der Waals surface area contributed by atoms with Crippen LogP contribution >= 0.6 is 11.6 Å². The second-order valence-corrected chi connectivity index (χ2v) is 4.98. The fourth-order valence-electron chi connectivity index (χ4n) is 2.58. The smallest absolute Gasteiger partial charge is 0.144 e. The van der Waals surface area contributed by atoms with Gasteiger partial charge in [0.2, 0.25) is 0 Å². The highest BCUT2D eigenvalue weighted by molar-refractivity contribution is 6.30. The average molecular weight is 224 g/mol. The fraction of sp³-hybridized carbons (Fsp3) is 0.500. The summed E-state index contributed by atoms with van der Waals surface area (Å²) in [5.41, 5.74) is 1.29. The van der Waals surface area contributed by atoms with Gasteiger partial charge in [-0.05, 0) is 25.0 Å². The molecule has 0 atom stereocenters. The molecule has 0 saturated heterocycles. The Balaban J connectivity index is 1.93. The first-order chi connectivity index (χ1) is 7.27. The molecule has 0 radical (unpaired) electrons. The molecule has 1 saturated carbocycles. The highest BCUT2D eigenvalue weighted by Crippen LogP contribution is 2.41. The molecule has 0 unspecified atom stereocenters. The topological polar surface area (TPSA) is 21.3 Å². The summed E-state index contributed by atoms with van der Waals surface area (Å²) in [7, 11) is 0. The first-order valence-corrected chi connectivity index (χ1v) is 5.86. The van der Waals surface area contributed by atoms with Crippen molar-refractivity contribution in [1.29, 1.82) is 0 Å². The van der Waals surface area contributed by atoms with Crippen molar-refractivity contribution in [3.8, 4) is 5.75 Å². The van der Waals surface area contributed by atoms with Gasteiger partial charge in [0.15, 0.2) is 0 Å². The van der Waals surface area contributed by atoms with Crippen molar-refractivity contribution in [1.82, 2.24) is 0 Å². The van der Waals surface area contributed by atoms with Gasteiger partial charge in [0.1, 0.15) is 12.4 Å². The first kappa shape index (κ1) is 9.34. The van der Waals surface area contributed by atoms with Crippen LogP contribution in [0.15, 0.2) is 18.2 Å². The number of benzene rings is 1. The molecule has 1 aromatic rings. The number of ether oxygens (including phenoxy) is 1. The van der Waals surface area contributed by atoms with E-state index < -0.39 is 0 Å². The number of hydrogen-bond donors (Lipinski definition) is 1. The normalized spacial score (nSPS) is 21.9. The number of hydrogen-bond acceptors (Lipinski definition) is 2. The number of rotatable bonds is 0. The van der Waals surface area contributed by atoms with Crippen molar-refractivity contribution >= 4 is 17.3 Å². The molecule has 1 fully saturated rings. The van der Waals surface area contributed by atoms with Crippen LogP contribution in [0, 0.1) is 0 Å². The zero-order valence-corrected chi connectivity index (χ0v) is 9.31. The lowest BCUT2D eigenvalue weighted by atomic mass is 9.96. The lowest BCUT2D eigenvalue weighted by Gasteiger charge is -2.36. The molecule has 15 heavy (non-hydrogen) atoms. The number of anilines is 1. The minimum atomic E-state index is 0.195. The second kappa shape index (κ2) is 3.31. The van der Waals surface area contributed by atoms with E-state index in [-0.39, 0.29) is 5.54 Å². The van der Waals surface area contributed by atoms with Gasteiger partial charge in [-0.25, -0.2) is 0 Å². The van der Waals surface area contributed by atoms with E-state index in [0.717, 1.165) is 23.1 Å². The van der Waals surface area contributed by atoms with Gasteiger partial charge in [-0.3, -0.25) is 0 Å². The molecular weight excluding hydrogens is 210 g/mol. The van der Waals surface area contributed by atoms with E-state index in [9.17, 15) is 0 Å². The summed E-state index contributed by atoms with van der Waals surface area (Å²) in [6.45, 7) is 0.778. The van der Waals surface area contributed by atoms with Gasteiger partial charge in [0.25, 0.3) is 0 Å². The van der Waals surface area contributed by atoms with Crippen LogP contribution in [0.2, 0.25) is 5.02 Å². The molecule has 1 aliphatic heterocycles. The summed E-state index contributed by atoms with van der Waals surface area (Å²) in [6, 6.07) is 5.80. The van der Waals surface area contributed by atoms with Crippen molar-refractivity contribution in [2.45, 2.75) is 31.2 Å². The molecule has 0 aromatic heterocycles. The SMILES string of the molecule is Clc1ccc2c(c1)OCC1(CCCC1)N2. The molecule has 3 rings (SSSR count). The Morgan fingerprint density at radius 2 is 2.07 bits per heavy atom. The van der Waals surface area contributed by atoms with E-state index in [1.54, 1.807) is 0 Å². The van der Waals surface area contributed by atoms with Crippen LogP contribution in [-0.2, 0) is 0 Å². The lowest BCUT2D eigenvalue weighted by Crippen LogP contribution is -2.44. The molecule has 3 heteroatoms. The number of halogens is 1. The van der Waals surface area contributed by atoms with E-state index in [1.165, 1.54) is 25.7 Å². The molecule has 80 valence electrons. The summed E-state index contributed by atoms with van der Waals surface area (Å²) in [6.07, 6.45) is 5.04. The summed E-state index contributed by atoms with van der Waals surface area (Å²) < 4.78 is 5.80. The maximum absolute atomic E-state index is 5.92. The highest BCUT2D eigenvalue weighted by Gasteiger charge is 2.37. The van der Waals surface area contributed by atoms with Crippen molar-refractivity contribution < 1.29 is 4.74 Å². The largest absolute Gasteiger partial charge is 0.489 e. The van der Waals surface area contributed by atoms with Gasteiger partial charge in [0.05, 0.1) is 11.2 Å². The Morgan fingerprint density at radius 3 is 2.87 bits per heavy atom. The van der Waals surface area contributed by atoms with Crippen LogP contribution in [0.5, 0.6) is 5.75 Å². The van der Waals surface area contributed by atoms with Crippen LogP contribution in [0.4, 0.5) is 5.69 Å². The third-order valence-electron chi connectivity index (χ3n) is 3.41. The Labute approximate surface area is 94.6 Å². The van der Waals surface area contributed by atoms with E-state index in [1.807, 2.05) is 18.2 Å². The summed E-state index contributed by atoms with van der Waals surface area (Å²) in [5.74, 6) is 0.889. The van der Waals surface area contributed by atoms with E-state index in [4.69, 9.17) is 16.3 Å². The third kappa shape index (κ3) is 1.57. The van der Waals surface area contributed by atoms with Crippen molar-refractivity contribution in [3.05, 3.63) is 23.2 Å². The molecule has 2 aliphatic rings. The fourth-order valence-corrected chi connectivity index (χ4v) is 2.74. The van der Waals surface area contributed by atoms with Gasteiger partial charge in [-0.1, -0.05) is 24.4 Å². The van der Waals surface area contributed by atoms with Crippen molar-refractivity contribution in [2.24, 2.45) is 0 Å². The van der Waals surface area contributed by atoms with Gasteiger partial charge in [0, 0.05) is 11.1 Å². The van der Waals surface area contributed by atoms with Crippen LogP contribution in [0.1, 0.15) is 25.7 Å². The monoisotopic (exact) mass is 223 g/mol. The van der Waals surface area contributed by atoms with Crippen LogP contribution < -0.4 is 10.1 Å². The van der Waals surface area contributed by atoms with Crippen LogP contribution in [-0.4, -0.2) is 12.1 Å². The predicted octanol–water partition coefficient (Wildman–Crippen LogP) is 3.46. The molecule has 1 spiro atoms. The van der Waals surface area contributed by atoms with E-state index in [2.05, 4.69) is 5.32 Å². The Bertz CT molecular complexity index is 385. The molecule has 0 bridgehead atoms. The maximum atomic E-state index is 5.92. The van der Waals surface area contributed by atoms with E-state index in [0.29, 0.717) is 0 Å². The third-order valence-corrected chi connectivity index (χ3v) is 3.64. The van der Waals surface area contributed by atoms with E-state index >= 15 is 0 Å². The second-order valence-electron chi connectivity index (χ2n) is 4.54. The summed E-state index contributed by atoms with van der Waals surface area (Å²) in [5, 5.41) is 4.35. The van der Waals surface area contributed by atoms with Crippen LogP contribution in [0.25, 0.3) is 0 Å². The number of nitrogens with one attached hydrogen (secondary N) is 1. The standard InChI is InChI=1S/C12H14ClNO/c13-9-3-4-10-11(7-9)15-8-12(14-10)5-1-2-6-12/h3-4,7,14H,1-2,5-6,8H2. The lowest BCUT2D eigenvalue weighted by molar-refractivity contribution is 0.221. The molecular formula is C12H14ClNO.